The lowest BCUT2D eigenvalue weighted by Gasteiger charge is -2.31. The zero-order valence-corrected chi connectivity index (χ0v) is 19.8. The number of nitrogens with zero attached hydrogens (tertiary/aromatic N) is 4. The van der Waals surface area contributed by atoms with Crippen LogP contribution in [0.15, 0.2) is 85.6 Å². The number of hydrogen-bond acceptors (Lipinski definition) is 5. The van der Waals surface area contributed by atoms with Crippen LogP contribution >= 0.6 is 0 Å². The van der Waals surface area contributed by atoms with Crippen molar-refractivity contribution < 1.29 is 8.42 Å². The molecule has 34 heavy (non-hydrogen) atoms. The average molecular weight is 474 g/mol. The Morgan fingerprint density at radius 2 is 1.91 bits per heavy atom. The van der Waals surface area contributed by atoms with Gasteiger partial charge in [0, 0.05) is 43.4 Å². The number of rotatable bonds is 6. The minimum absolute atomic E-state index is 0.245. The standard InChI is InChI=1S/C26H27N5O2S/c1-34(32,33)31-16-23-13-22(21-7-3-2-4-8-21)9-10-26(23)30(17-24-15-28-19-29-24)18-25(31)12-20-6-5-11-27-14-20/h2-11,13-15,19,25H,12,16-18H2,1H3,(H,28,29)/t25-/m0/s1. The maximum Gasteiger partial charge on any atom is 0.211 e. The summed E-state index contributed by atoms with van der Waals surface area (Å²) < 4.78 is 27.6. The number of aromatic nitrogens is 3. The van der Waals surface area contributed by atoms with Gasteiger partial charge in [-0.1, -0.05) is 42.5 Å². The van der Waals surface area contributed by atoms with Crippen LogP contribution in [0.2, 0.25) is 0 Å². The summed E-state index contributed by atoms with van der Waals surface area (Å²) in [5, 5.41) is 0. The number of H-pyrrole nitrogens is 1. The van der Waals surface area contributed by atoms with Crippen molar-refractivity contribution in [3.05, 3.63) is 102 Å². The Labute approximate surface area is 200 Å². The quantitative estimate of drug-likeness (QED) is 0.460. The molecular formula is C26H27N5O2S. The highest BCUT2D eigenvalue weighted by molar-refractivity contribution is 7.88. The van der Waals surface area contributed by atoms with Gasteiger partial charge >= 0.3 is 0 Å². The lowest BCUT2D eigenvalue weighted by atomic mass is 10.0. The van der Waals surface area contributed by atoms with E-state index in [4.69, 9.17) is 0 Å². The van der Waals surface area contributed by atoms with Crippen LogP contribution in [0, 0.1) is 0 Å². The van der Waals surface area contributed by atoms with Crippen molar-refractivity contribution in [2.24, 2.45) is 0 Å². The third kappa shape index (κ3) is 4.88. The van der Waals surface area contributed by atoms with Crippen molar-refractivity contribution >= 4 is 15.7 Å². The largest absolute Gasteiger partial charge is 0.364 e. The van der Waals surface area contributed by atoms with Gasteiger partial charge in [0.2, 0.25) is 10.0 Å². The van der Waals surface area contributed by atoms with E-state index in [9.17, 15) is 8.42 Å². The average Bonchev–Trinajstić information content (AvgIpc) is 3.30. The van der Waals surface area contributed by atoms with E-state index in [1.54, 1.807) is 16.8 Å². The fourth-order valence-electron chi connectivity index (χ4n) is 4.64. The van der Waals surface area contributed by atoms with Crippen LogP contribution in [0.25, 0.3) is 11.1 Å². The summed E-state index contributed by atoms with van der Waals surface area (Å²) in [7, 11) is -3.46. The van der Waals surface area contributed by atoms with Crippen LogP contribution in [0.3, 0.4) is 0 Å². The van der Waals surface area contributed by atoms with Gasteiger partial charge in [-0.2, -0.15) is 4.31 Å². The smallest absolute Gasteiger partial charge is 0.211 e. The molecule has 0 saturated carbocycles. The van der Waals surface area contributed by atoms with Crippen molar-refractivity contribution in [3.8, 4) is 11.1 Å². The van der Waals surface area contributed by atoms with Crippen LogP contribution in [-0.4, -0.2) is 46.5 Å². The molecule has 0 spiro atoms. The zero-order chi connectivity index (χ0) is 23.5. The molecule has 4 aromatic rings. The second-order valence-corrected chi connectivity index (χ2v) is 10.6. The number of nitrogens with one attached hydrogen (secondary N) is 1. The molecule has 7 nitrogen and oxygen atoms in total. The number of aromatic amines is 1. The maximum atomic E-state index is 13.0. The van der Waals surface area contributed by atoms with Crippen molar-refractivity contribution in [3.63, 3.8) is 0 Å². The van der Waals surface area contributed by atoms with E-state index < -0.39 is 10.0 Å². The Kier molecular flexibility index (Phi) is 6.17. The summed E-state index contributed by atoms with van der Waals surface area (Å²) in [4.78, 5) is 13.9. The van der Waals surface area contributed by atoms with Gasteiger partial charge in [0.05, 0.1) is 24.8 Å². The maximum absolute atomic E-state index is 13.0. The molecule has 1 aliphatic heterocycles. The lowest BCUT2D eigenvalue weighted by molar-refractivity contribution is 0.320. The van der Waals surface area contributed by atoms with E-state index in [0.717, 1.165) is 33.6 Å². The molecule has 0 radical (unpaired) electrons. The van der Waals surface area contributed by atoms with Crippen molar-refractivity contribution in [1.29, 1.82) is 0 Å². The lowest BCUT2D eigenvalue weighted by Crippen LogP contribution is -2.45. The summed E-state index contributed by atoms with van der Waals surface area (Å²) in [5.41, 5.74) is 6.10. The molecule has 2 aromatic heterocycles. The molecule has 174 valence electrons. The van der Waals surface area contributed by atoms with Crippen LogP contribution in [0.5, 0.6) is 0 Å². The Hall–Kier alpha value is -3.49. The number of imidazole rings is 1. The highest BCUT2D eigenvalue weighted by Gasteiger charge is 2.33. The van der Waals surface area contributed by atoms with Crippen LogP contribution in [0.4, 0.5) is 5.69 Å². The molecule has 1 N–H and O–H groups in total. The number of benzene rings is 2. The molecule has 0 aliphatic carbocycles. The minimum Gasteiger partial charge on any atom is -0.364 e. The summed E-state index contributed by atoms with van der Waals surface area (Å²) >= 11 is 0. The third-order valence-electron chi connectivity index (χ3n) is 6.22. The Morgan fingerprint density at radius 3 is 2.62 bits per heavy atom. The van der Waals surface area contributed by atoms with E-state index in [0.29, 0.717) is 26.1 Å². The first-order chi connectivity index (χ1) is 16.5. The summed E-state index contributed by atoms with van der Waals surface area (Å²) in [6.07, 6.45) is 8.97. The van der Waals surface area contributed by atoms with Crippen molar-refractivity contribution in [2.45, 2.75) is 25.6 Å². The second-order valence-electron chi connectivity index (χ2n) is 8.68. The molecule has 1 atom stereocenters. The molecule has 5 rings (SSSR count). The van der Waals surface area contributed by atoms with E-state index in [2.05, 4.69) is 50.2 Å². The molecule has 8 heteroatoms. The SMILES string of the molecule is CS(=O)(=O)N1Cc2cc(-c3ccccc3)ccc2N(Cc2c[nH]cn2)C[C@@H]1Cc1cccnc1. The van der Waals surface area contributed by atoms with Gasteiger partial charge < -0.3 is 9.88 Å². The number of hydrogen-bond donors (Lipinski definition) is 1. The van der Waals surface area contributed by atoms with E-state index >= 15 is 0 Å². The van der Waals surface area contributed by atoms with Gasteiger partial charge in [-0.15, -0.1) is 0 Å². The molecule has 3 heterocycles. The van der Waals surface area contributed by atoms with Gasteiger partial charge in [0.25, 0.3) is 0 Å². The monoisotopic (exact) mass is 473 g/mol. The normalized spacial score (nSPS) is 16.7. The van der Waals surface area contributed by atoms with Gasteiger partial charge in [0.15, 0.2) is 0 Å². The van der Waals surface area contributed by atoms with E-state index in [1.807, 2.05) is 42.7 Å². The molecule has 2 aromatic carbocycles. The van der Waals surface area contributed by atoms with Crippen LogP contribution in [-0.2, 0) is 29.5 Å². The minimum atomic E-state index is -3.46. The van der Waals surface area contributed by atoms with Gasteiger partial charge in [-0.3, -0.25) is 4.98 Å². The zero-order valence-electron chi connectivity index (χ0n) is 19.0. The number of sulfonamides is 1. The first-order valence-corrected chi connectivity index (χ1v) is 13.1. The molecule has 1 aliphatic rings. The highest BCUT2D eigenvalue weighted by atomic mass is 32.2. The predicted octanol–water partition coefficient (Wildman–Crippen LogP) is 3.86. The molecular weight excluding hydrogens is 446 g/mol. The van der Waals surface area contributed by atoms with Crippen LogP contribution in [0.1, 0.15) is 16.8 Å². The van der Waals surface area contributed by atoms with Crippen LogP contribution < -0.4 is 4.90 Å². The van der Waals surface area contributed by atoms with E-state index in [-0.39, 0.29) is 6.04 Å². The molecule has 0 saturated heterocycles. The van der Waals surface area contributed by atoms with Gasteiger partial charge in [0.1, 0.15) is 0 Å². The Morgan fingerprint density at radius 1 is 1.06 bits per heavy atom. The second kappa shape index (κ2) is 9.40. The number of pyridine rings is 1. The van der Waals surface area contributed by atoms with Crippen molar-refractivity contribution in [1.82, 2.24) is 19.3 Å². The number of anilines is 1. The third-order valence-corrected chi connectivity index (χ3v) is 7.50. The molecule has 0 unspecified atom stereocenters. The Bertz CT molecular complexity index is 1340. The topological polar surface area (TPSA) is 82.2 Å². The number of fused-ring (bicyclic) bond motifs is 1. The molecule has 0 amide bonds. The fraction of sp³-hybridized carbons (Fsp3) is 0.231. The first-order valence-electron chi connectivity index (χ1n) is 11.2. The summed E-state index contributed by atoms with van der Waals surface area (Å²) in [6.45, 7) is 1.45. The summed E-state index contributed by atoms with van der Waals surface area (Å²) in [6, 6.07) is 20.1. The van der Waals surface area contributed by atoms with E-state index in [1.165, 1.54) is 6.26 Å². The highest BCUT2D eigenvalue weighted by Crippen LogP contribution is 2.34. The summed E-state index contributed by atoms with van der Waals surface area (Å²) in [5.74, 6) is 0. The van der Waals surface area contributed by atoms with Crippen molar-refractivity contribution in [2.75, 3.05) is 17.7 Å². The first kappa shape index (κ1) is 22.3. The fourth-order valence-corrected chi connectivity index (χ4v) is 5.70. The molecule has 0 fully saturated rings. The molecule has 0 bridgehead atoms. The van der Waals surface area contributed by atoms with Gasteiger partial charge in [-0.05, 0) is 46.9 Å². The Balaban J connectivity index is 1.58. The predicted molar refractivity (Wildman–Crippen MR) is 134 cm³/mol. The van der Waals surface area contributed by atoms with Gasteiger partial charge in [-0.25, -0.2) is 13.4 Å².